The number of tetrazole rings is 1. The van der Waals surface area contributed by atoms with Crippen LogP contribution < -0.4 is 9.04 Å². The lowest BCUT2D eigenvalue weighted by Crippen LogP contribution is -2.34. The summed E-state index contributed by atoms with van der Waals surface area (Å²) in [5.74, 6) is 1.62. The van der Waals surface area contributed by atoms with Crippen molar-refractivity contribution in [3.63, 3.8) is 0 Å². The molecule has 2 heterocycles. The Labute approximate surface area is 211 Å². The number of benzene rings is 2. The number of nitrogens with one attached hydrogen (secondary N) is 1. The predicted octanol–water partition coefficient (Wildman–Crippen LogP) is 5.12. The molecule has 0 fully saturated rings. The summed E-state index contributed by atoms with van der Waals surface area (Å²) >= 11 is 0. The van der Waals surface area contributed by atoms with Crippen LogP contribution in [0.5, 0.6) is 5.75 Å². The van der Waals surface area contributed by atoms with E-state index in [0.717, 1.165) is 27.8 Å². The highest BCUT2D eigenvalue weighted by Crippen LogP contribution is 2.37. The number of aryl methyl sites for hydroxylation is 4. The smallest absolute Gasteiger partial charge is 0.297 e. The normalized spacial score (nSPS) is 11.8. The molecule has 0 bridgehead atoms. The van der Waals surface area contributed by atoms with E-state index in [-0.39, 0.29) is 24.2 Å². The van der Waals surface area contributed by atoms with E-state index in [0.29, 0.717) is 23.0 Å². The topological polar surface area (TPSA) is 114 Å². The Morgan fingerprint density at radius 2 is 1.75 bits per heavy atom. The first-order valence-corrected chi connectivity index (χ1v) is 13.2. The Bertz CT molecular complexity index is 1460. The Kier molecular flexibility index (Phi) is 7.16. The van der Waals surface area contributed by atoms with Gasteiger partial charge in [-0.25, -0.2) is 0 Å². The van der Waals surface area contributed by atoms with Crippen molar-refractivity contribution >= 4 is 15.7 Å². The van der Waals surface area contributed by atoms with Gasteiger partial charge in [0, 0.05) is 12.1 Å². The third kappa shape index (κ3) is 5.28. The van der Waals surface area contributed by atoms with Crippen molar-refractivity contribution in [3.8, 4) is 17.1 Å². The van der Waals surface area contributed by atoms with E-state index in [2.05, 4.69) is 20.6 Å². The number of H-pyrrole nitrogens is 1. The quantitative estimate of drug-likeness (QED) is 0.333. The summed E-state index contributed by atoms with van der Waals surface area (Å²) in [5.41, 5.74) is 5.28. The number of aromatic nitrogens is 4. The first kappa shape index (κ1) is 25.4. The number of hydrogen-bond donors (Lipinski definition) is 1. The van der Waals surface area contributed by atoms with Gasteiger partial charge in [0.2, 0.25) is 10.9 Å². The highest BCUT2D eigenvalue weighted by Gasteiger charge is 2.31. The molecule has 2 aromatic heterocycles. The second-order valence-electron chi connectivity index (χ2n) is 9.36. The third-order valence-electron chi connectivity index (χ3n) is 5.96. The van der Waals surface area contributed by atoms with Gasteiger partial charge >= 0.3 is 0 Å². The van der Waals surface area contributed by atoms with E-state index in [1.54, 1.807) is 13.0 Å². The fraction of sp³-hybridized carbons (Fsp3) is 0.346. The monoisotopic (exact) mass is 509 g/mol. The van der Waals surface area contributed by atoms with E-state index >= 15 is 0 Å². The van der Waals surface area contributed by atoms with E-state index in [9.17, 15) is 8.42 Å². The van der Waals surface area contributed by atoms with Gasteiger partial charge in [0.05, 0.1) is 5.69 Å². The Hall–Kier alpha value is -3.66. The van der Waals surface area contributed by atoms with Gasteiger partial charge in [-0.3, -0.25) is 4.31 Å². The van der Waals surface area contributed by atoms with Crippen LogP contribution in [0.4, 0.5) is 5.69 Å². The lowest BCUT2D eigenvalue weighted by molar-refractivity contribution is 0.306. The zero-order valence-electron chi connectivity index (χ0n) is 21.4. The summed E-state index contributed by atoms with van der Waals surface area (Å²) in [7, 11) is -3.94. The first-order chi connectivity index (χ1) is 17.1. The molecular formula is C26H31N5O4S. The maximum Gasteiger partial charge on any atom is 0.297 e. The van der Waals surface area contributed by atoms with E-state index in [4.69, 9.17) is 9.15 Å². The van der Waals surface area contributed by atoms with Crippen molar-refractivity contribution in [3.05, 3.63) is 70.5 Å². The Morgan fingerprint density at radius 3 is 2.36 bits per heavy atom. The maximum atomic E-state index is 13.7. The summed E-state index contributed by atoms with van der Waals surface area (Å²) < 4.78 is 40.5. The molecule has 9 nitrogen and oxygen atoms in total. The van der Waals surface area contributed by atoms with Gasteiger partial charge in [-0.1, -0.05) is 26.0 Å². The number of aromatic amines is 1. The molecular weight excluding hydrogens is 478 g/mol. The van der Waals surface area contributed by atoms with Crippen LogP contribution in [0.1, 0.15) is 41.9 Å². The molecule has 1 N–H and O–H groups in total. The predicted molar refractivity (Wildman–Crippen MR) is 137 cm³/mol. The van der Waals surface area contributed by atoms with Crippen molar-refractivity contribution in [2.24, 2.45) is 5.92 Å². The number of furan rings is 1. The van der Waals surface area contributed by atoms with Crippen molar-refractivity contribution in [2.75, 3.05) is 10.8 Å². The average molecular weight is 510 g/mol. The molecule has 10 heteroatoms. The van der Waals surface area contributed by atoms with Crippen LogP contribution in [0.2, 0.25) is 0 Å². The molecule has 0 aliphatic heterocycles. The Balaban J connectivity index is 1.70. The van der Waals surface area contributed by atoms with E-state index in [1.807, 2.05) is 65.0 Å². The molecule has 190 valence electrons. The first-order valence-electron chi connectivity index (χ1n) is 11.7. The van der Waals surface area contributed by atoms with Crippen LogP contribution in [-0.4, -0.2) is 35.6 Å². The molecule has 0 unspecified atom stereocenters. The third-order valence-corrected chi connectivity index (χ3v) is 7.62. The average Bonchev–Trinajstić information content (AvgIpc) is 3.51. The van der Waals surface area contributed by atoms with Gasteiger partial charge in [0.15, 0.2) is 0 Å². The van der Waals surface area contributed by atoms with Crippen LogP contribution >= 0.6 is 0 Å². The fourth-order valence-electron chi connectivity index (χ4n) is 3.84. The molecule has 2 aromatic carbocycles. The van der Waals surface area contributed by atoms with E-state index in [1.165, 1.54) is 10.4 Å². The minimum absolute atomic E-state index is 0.0743. The molecule has 0 atom stereocenters. The molecule has 0 aliphatic carbocycles. The zero-order valence-corrected chi connectivity index (χ0v) is 22.2. The molecule has 0 aliphatic rings. The Morgan fingerprint density at radius 1 is 1.00 bits per heavy atom. The van der Waals surface area contributed by atoms with Gasteiger partial charge in [0.1, 0.15) is 18.1 Å². The van der Waals surface area contributed by atoms with Crippen LogP contribution in [0.3, 0.4) is 0 Å². The lowest BCUT2D eigenvalue weighted by atomic mass is 10.1. The summed E-state index contributed by atoms with van der Waals surface area (Å²) in [6.07, 6.45) is 0. The standard InChI is InChI=1S/C26H31N5O4S/c1-16(2)14-31(36(32,33)25-10-7-20(6)35-25)23-12-17(3)18(4)13-24(23)34-15-22-9-8-21(11-19(22)5)26-27-29-30-28-26/h7-13,16H,14-15H2,1-6H3,(H,27,28,29,30). The second kappa shape index (κ2) is 10.1. The van der Waals surface area contributed by atoms with Crippen LogP contribution in [-0.2, 0) is 16.6 Å². The SMILES string of the molecule is Cc1ccc(S(=O)(=O)N(CC(C)C)c2cc(C)c(C)cc2OCc2ccc(-c3nn[nH]n3)cc2C)o1. The summed E-state index contributed by atoms with van der Waals surface area (Å²) in [6.45, 7) is 12.1. The summed E-state index contributed by atoms with van der Waals surface area (Å²) in [6, 6.07) is 12.7. The maximum absolute atomic E-state index is 13.7. The van der Waals surface area contributed by atoms with Gasteiger partial charge in [-0.05, 0) is 91.4 Å². The molecule has 4 rings (SSSR count). The van der Waals surface area contributed by atoms with Crippen molar-refractivity contribution < 1.29 is 17.6 Å². The zero-order chi connectivity index (χ0) is 26.0. The highest BCUT2D eigenvalue weighted by atomic mass is 32.2. The van der Waals surface area contributed by atoms with Gasteiger partial charge in [-0.2, -0.15) is 13.6 Å². The van der Waals surface area contributed by atoms with Gasteiger partial charge < -0.3 is 9.15 Å². The lowest BCUT2D eigenvalue weighted by Gasteiger charge is -2.28. The van der Waals surface area contributed by atoms with Crippen molar-refractivity contribution in [1.82, 2.24) is 20.6 Å². The number of hydrogen-bond acceptors (Lipinski definition) is 7. The van der Waals surface area contributed by atoms with Crippen molar-refractivity contribution in [1.29, 1.82) is 0 Å². The summed E-state index contributed by atoms with van der Waals surface area (Å²) in [5, 5.41) is 14.0. The number of rotatable bonds is 9. The number of sulfonamides is 1. The van der Waals surface area contributed by atoms with Gasteiger partial charge in [0.25, 0.3) is 10.0 Å². The van der Waals surface area contributed by atoms with Crippen LogP contribution in [0, 0.1) is 33.6 Å². The van der Waals surface area contributed by atoms with Gasteiger partial charge in [-0.15, -0.1) is 10.2 Å². The van der Waals surface area contributed by atoms with Crippen LogP contribution in [0.25, 0.3) is 11.4 Å². The van der Waals surface area contributed by atoms with Crippen molar-refractivity contribution in [2.45, 2.75) is 53.2 Å². The van der Waals surface area contributed by atoms with E-state index < -0.39 is 10.0 Å². The van der Waals surface area contributed by atoms with Crippen LogP contribution in [0.15, 0.2) is 52.0 Å². The molecule has 36 heavy (non-hydrogen) atoms. The molecule has 0 radical (unpaired) electrons. The molecule has 0 amide bonds. The summed E-state index contributed by atoms with van der Waals surface area (Å²) in [4.78, 5) is 0. The largest absolute Gasteiger partial charge is 0.487 e. The number of anilines is 1. The highest BCUT2D eigenvalue weighted by molar-refractivity contribution is 7.92. The second-order valence-corrected chi connectivity index (χ2v) is 11.2. The molecule has 0 spiro atoms. The number of nitrogens with zero attached hydrogens (tertiary/aromatic N) is 4. The molecule has 4 aromatic rings. The number of ether oxygens (including phenoxy) is 1. The molecule has 0 saturated carbocycles. The minimum atomic E-state index is -3.94. The fourth-order valence-corrected chi connectivity index (χ4v) is 5.43. The minimum Gasteiger partial charge on any atom is -0.487 e. The molecule has 0 saturated heterocycles.